The molecule has 4 rings (SSSR count). The van der Waals surface area contributed by atoms with Crippen LogP contribution in [0.1, 0.15) is 16.7 Å². The Morgan fingerprint density at radius 2 is 1.39 bits per heavy atom. The van der Waals surface area contributed by atoms with Crippen molar-refractivity contribution >= 4 is 50.7 Å². The molecule has 1 unspecified atom stereocenters. The van der Waals surface area contributed by atoms with Crippen molar-refractivity contribution in [1.82, 2.24) is 10.2 Å². The van der Waals surface area contributed by atoms with Crippen LogP contribution < -0.4 is 14.4 Å². The van der Waals surface area contributed by atoms with Gasteiger partial charge in [0.1, 0.15) is 24.9 Å². The third-order valence-corrected chi connectivity index (χ3v) is 8.81. The zero-order valence-corrected chi connectivity index (χ0v) is 26.6. The molecule has 0 saturated heterocycles. The van der Waals surface area contributed by atoms with Gasteiger partial charge in [-0.05, 0) is 47.5 Å². The monoisotopic (exact) mass is 653 g/mol. The molecule has 0 aromatic heterocycles. The van der Waals surface area contributed by atoms with E-state index in [9.17, 15) is 18.0 Å². The number of hydrogen-bond acceptors (Lipinski definition) is 5. The van der Waals surface area contributed by atoms with Crippen LogP contribution in [0.2, 0.25) is 10.0 Å². The van der Waals surface area contributed by atoms with E-state index in [1.807, 2.05) is 60.7 Å². The van der Waals surface area contributed by atoms with Crippen molar-refractivity contribution in [3.05, 3.63) is 130 Å². The van der Waals surface area contributed by atoms with Crippen molar-refractivity contribution in [2.24, 2.45) is 0 Å². The zero-order valence-electron chi connectivity index (χ0n) is 24.3. The third kappa shape index (κ3) is 8.75. The first-order valence-electron chi connectivity index (χ1n) is 13.8. The average molecular weight is 655 g/mol. The van der Waals surface area contributed by atoms with E-state index in [0.29, 0.717) is 28.0 Å². The summed E-state index contributed by atoms with van der Waals surface area (Å²) in [6.45, 7) is -0.337. The minimum absolute atomic E-state index is 0.119. The molecule has 4 aromatic carbocycles. The van der Waals surface area contributed by atoms with Crippen LogP contribution in [0.5, 0.6) is 5.75 Å². The molecular formula is C33H33Cl2N3O5S. The molecule has 1 N–H and O–H groups in total. The summed E-state index contributed by atoms with van der Waals surface area (Å²) in [4.78, 5) is 28.7. The SMILES string of the molecule is CNC(=O)C(Cc1ccccc1)N(Cc1c(Cl)cccc1Cl)C(=O)CN(c1ccc(OCc2ccccc2)cc1)S(C)(=O)=O. The van der Waals surface area contributed by atoms with Gasteiger partial charge in [0.15, 0.2) is 0 Å². The summed E-state index contributed by atoms with van der Waals surface area (Å²) >= 11 is 12.9. The van der Waals surface area contributed by atoms with Gasteiger partial charge in [-0.1, -0.05) is 89.9 Å². The van der Waals surface area contributed by atoms with Crippen LogP contribution in [0.4, 0.5) is 5.69 Å². The highest BCUT2D eigenvalue weighted by Crippen LogP contribution is 2.28. The summed E-state index contributed by atoms with van der Waals surface area (Å²) in [5.41, 5.74) is 2.51. The molecule has 0 aliphatic rings. The van der Waals surface area contributed by atoms with E-state index in [1.165, 1.54) is 11.9 Å². The quantitative estimate of drug-likeness (QED) is 0.199. The number of carbonyl (C=O) groups excluding carboxylic acids is 2. The van der Waals surface area contributed by atoms with Crippen LogP contribution in [0.3, 0.4) is 0 Å². The van der Waals surface area contributed by atoms with E-state index in [0.717, 1.165) is 21.7 Å². The van der Waals surface area contributed by atoms with E-state index in [-0.39, 0.29) is 18.7 Å². The minimum atomic E-state index is -3.92. The van der Waals surface area contributed by atoms with Crippen molar-refractivity contribution in [2.75, 3.05) is 24.2 Å². The van der Waals surface area contributed by atoms with Crippen LogP contribution in [-0.4, -0.2) is 51.0 Å². The van der Waals surface area contributed by atoms with Gasteiger partial charge < -0.3 is 15.0 Å². The maximum Gasteiger partial charge on any atom is 0.244 e. The molecule has 0 saturated carbocycles. The van der Waals surface area contributed by atoms with Gasteiger partial charge in [0.2, 0.25) is 21.8 Å². The molecule has 1 atom stereocenters. The summed E-state index contributed by atoms with van der Waals surface area (Å²) in [6.07, 6.45) is 1.20. The molecule has 0 spiro atoms. The highest BCUT2D eigenvalue weighted by molar-refractivity contribution is 7.92. The molecule has 2 amide bonds. The highest BCUT2D eigenvalue weighted by Gasteiger charge is 2.33. The van der Waals surface area contributed by atoms with Crippen molar-refractivity contribution in [2.45, 2.75) is 25.6 Å². The molecule has 0 heterocycles. The third-order valence-electron chi connectivity index (χ3n) is 6.96. The number of nitrogens with one attached hydrogen (secondary N) is 1. The van der Waals surface area contributed by atoms with Crippen LogP contribution in [0.25, 0.3) is 0 Å². The molecule has 0 aliphatic heterocycles. The molecule has 0 radical (unpaired) electrons. The normalized spacial score (nSPS) is 11.8. The van der Waals surface area contributed by atoms with Gasteiger partial charge in [-0.2, -0.15) is 0 Å². The van der Waals surface area contributed by atoms with E-state index >= 15 is 0 Å². The number of rotatable bonds is 13. The molecule has 44 heavy (non-hydrogen) atoms. The van der Waals surface area contributed by atoms with E-state index < -0.39 is 34.4 Å². The van der Waals surface area contributed by atoms with E-state index in [2.05, 4.69) is 5.32 Å². The van der Waals surface area contributed by atoms with E-state index in [1.54, 1.807) is 42.5 Å². The van der Waals surface area contributed by atoms with Gasteiger partial charge >= 0.3 is 0 Å². The topological polar surface area (TPSA) is 96.0 Å². The van der Waals surface area contributed by atoms with Gasteiger partial charge in [0.05, 0.1) is 11.9 Å². The highest BCUT2D eigenvalue weighted by atomic mass is 35.5. The Kier molecular flexibility index (Phi) is 11.3. The van der Waals surface area contributed by atoms with Crippen molar-refractivity contribution in [3.63, 3.8) is 0 Å². The second-order valence-corrected chi connectivity index (χ2v) is 12.8. The lowest BCUT2D eigenvalue weighted by Crippen LogP contribution is -2.53. The number of amides is 2. The van der Waals surface area contributed by atoms with Gasteiger partial charge in [0.25, 0.3) is 0 Å². The van der Waals surface area contributed by atoms with Crippen molar-refractivity contribution in [3.8, 4) is 5.75 Å². The summed E-state index contributed by atoms with van der Waals surface area (Å²) in [6, 6.07) is 29.3. The molecule has 0 bridgehead atoms. The predicted octanol–water partition coefficient (Wildman–Crippen LogP) is 5.72. The molecular weight excluding hydrogens is 621 g/mol. The number of benzene rings is 4. The summed E-state index contributed by atoms with van der Waals surface area (Å²) in [7, 11) is -2.44. The first-order chi connectivity index (χ1) is 21.1. The maximum atomic E-state index is 14.1. The first-order valence-corrected chi connectivity index (χ1v) is 16.4. The fourth-order valence-corrected chi connectivity index (χ4v) is 6.00. The second kappa shape index (κ2) is 15.1. The van der Waals surface area contributed by atoms with Crippen LogP contribution >= 0.6 is 23.2 Å². The van der Waals surface area contributed by atoms with E-state index in [4.69, 9.17) is 27.9 Å². The number of likely N-dealkylation sites (N-methyl/N-ethyl adjacent to an activating group) is 1. The van der Waals surface area contributed by atoms with Crippen LogP contribution in [0, 0.1) is 0 Å². The molecule has 11 heteroatoms. The fourth-order valence-electron chi connectivity index (χ4n) is 4.64. The number of carbonyl (C=O) groups is 2. The molecule has 230 valence electrons. The van der Waals surface area contributed by atoms with Gasteiger partial charge in [-0.15, -0.1) is 0 Å². The number of nitrogens with zero attached hydrogens (tertiary/aromatic N) is 2. The number of halogens is 2. The first kappa shape index (κ1) is 32.9. The lowest BCUT2D eigenvalue weighted by atomic mass is 10.0. The van der Waals surface area contributed by atoms with Crippen LogP contribution in [-0.2, 0) is 39.2 Å². The van der Waals surface area contributed by atoms with Crippen LogP contribution in [0.15, 0.2) is 103 Å². The minimum Gasteiger partial charge on any atom is -0.489 e. The Morgan fingerprint density at radius 3 is 1.93 bits per heavy atom. The Hall–Kier alpha value is -4.05. The zero-order chi connectivity index (χ0) is 31.7. The number of sulfonamides is 1. The second-order valence-electron chi connectivity index (χ2n) is 10.1. The summed E-state index contributed by atoms with van der Waals surface area (Å²) in [5.74, 6) is -0.494. The Labute approximate surface area is 268 Å². The van der Waals surface area contributed by atoms with Gasteiger partial charge in [-0.3, -0.25) is 13.9 Å². The largest absolute Gasteiger partial charge is 0.489 e. The summed E-state index contributed by atoms with van der Waals surface area (Å²) in [5, 5.41) is 3.27. The fraction of sp³-hybridized carbons (Fsp3) is 0.212. The molecule has 0 aliphatic carbocycles. The molecule has 0 fully saturated rings. The number of hydrogen-bond donors (Lipinski definition) is 1. The smallest absolute Gasteiger partial charge is 0.244 e. The Bertz CT molecular complexity index is 1650. The Morgan fingerprint density at radius 1 is 0.818 bits per heavy atom. The molecule has 8 nitrogen and oxygen atoms in total. The maximum absolute atomic E-state index is 14.1. The van der Waals surface area contributed by atoms with Crippen molar-refractivity contribution in [1.29, 1.82) is 0 Å². The predicted molar refractivity (Wildman–Crippen MR) is 174 cm³/mol. The van der Waals surface area contributed by atoms with Gasteiger partial charge in [-0.25, -0.2) is 8.42 Å². The lowest BCUT2D eigenvalue weighted by Gasteiger charge is -2.33. The standard InChI is InChI=1S/C33H33Cl2N3O5S/c1-36-33(40)31(20-24-10-5-3-6-11-24)37(21-28-29(34)14-9-15-30(28)35)32(39)22-38(44(2,41)42)26-16-18-27(19-17-26)43-23-25-12-7-4-8-13-25/h3-19,31H,20-23H2,1-2H3,(H,36,40). The Balaban J connectivity index is 1.64. The number of ether oxygens (including phenoxy) is 1. The number of anilines is 1. The molecule has 4 aromatic rings. The van der Waals surface area contributed by atoms with Gasteiger partial charge in [0, 0.05) is 35.6 Å². The summed E-state index contributed by atoms with van der Waals surface area (Å²) < 4.78 is 32.8. The van der Waals surface area contributed by atoms with Crippen molar-refractivity contribution < 1.29 is 22.7 Å². The average Bonchev–Trinajstić information content (AvgIpc) is 3.02. The lowest BCUT2D eigenvalue weighted by molar-refractivity contribution is -0.139.